The molecule has 0 aromatic rings. The van der Waals surface area contributed by atoms with Crippen LogP contribution in [0.25, 0.3) is 0 Å². The van der Waals surface area contributed by atoms with Crippen molar-refractivity contribution in [2.24, 2.45) is 17.6 Å². The fraction of sp³-hybridized carbons (Fsp3) is 1.00. The van der Waals surface area contributed by atoms with E-state index < -0.39 is 0 Å². The van der Waals surface area contributed by atoms with Crippen LogP contribution in [-0.4, -0.2) is 30.6 Å². The Balaban J connectivity index is 2.40. The van der Waals surface area contributed by atoms with Gasteiger partial charge in [-0.2, -0.15) is 0 Å². The van der Waals surface area contributed by atoms with Gasteiger partial charge in [-0.1, -0.05) is 20.3 Å². The number of rotatable bonds is 4. The summed E-state index contributed by atoms with van der Waals surface area (Å²) in [6, 6.07) is 0.770. The Kier molecular flexibility index (Phi) is 4.90. The first kappa shape index (κ1) is 12.0. The molecule has 0 aromatic carbocycles. The maximum atomic E-state index is 5.75. The Hall–Kier alpha value is -0.0800. The number of likely N-dealkylation sites (tertiary alicyclic amines) is 1. The lowest BCUT2D eigenvalue weighted by atomic mass is 9.93. The minimum atomic E-state index is 0.697. The zero-order valence-electron chi connectivity index (χ0n) is 10.00. The van der Waals surface area contributed by atoms with Crippen LogP contribution in [0.1, 0.15) is 40.0 Å². The zero-order chi connectivity index (χ0) is 10.6. The van der Waals surface area contributed by atoms with Crippen LogP contribution in [0.15, 0.2) is 0 Å². The van der Waals surface area contributed by atoms with Crippen molar-refractivity contribution in [2.75, 3.05) is 19.6 Å². The lowest BCUT2D eigenvalue weighted by Gasteiger charge is -2.38. The van der Waals surface area contributed by atoms with E-state index >= 15 is 0 Å². The molecule has 0 radical (unpaired) electrons. The second kappa shape index (κ2) is 5.72. The van der Waals surface area contributed by atoms with E-state index in [4.69, 9.17) is 5.73 Å². The van der Waals surface area contributed by atoms with Gasteiger partial charge in [0.1, 0.15) is 0 Å². The van der Waals surface area contributed by atoms with Crippen molar-refractivity contribution in [1.29, 1.82) is 0 Å². The number of hydrogen-bond donors (Lipinski definition) is 1. The topological polar surface area (TPSA) is 29.3 Å². The van der Waals surface area contributed by atoms with E-state index in [9.17, 15) is 0 Å². The number of piperidine rings is 1. The summed E-state index contributed by atoms with van der Waals surface area (Å²) in [5.41, 5.74) is 5.75. The molecular formula is C12H26N2. The predicted molar refractivity (Wildman–Crippen MR) is 62.3 cm³/mol. The summed E-state index contributed by atoms with van der Waals surface area (Å²) < 4.78 is 0. The highest BCUT2D eigenvalue weighted by Crippen LogP contribution is 2.22. The zero-order valence-corrected chi connectivity index (χ0v) is 10.00. The molecule has 0 aromatic heterocycles. The van der Waals surface area contributed by atoms with Gasteiger partial charge in [-0.25, -0.2) is 0 Å². The molecule has 1 aliphatic rings. The molecule has 0 amide bonds. The molecule has 2 heteroatoms. The quantitative estimate of drug-likeness (QED) is 0.749. The largest absolute Gasteiger partial charge is 0.330 e. The van der Waals surface area contributed by atoms with E-state index in [-0.39, 0.29) is 0 Å². The molecule has 1 rings (SSSR count). The summed E-state index contributed by atoms with van der Waals surface area (Å²) in [7, 11) is 0. The van der Waals surface area contributed by atoms with E-state index in [0.29, 0.717) is 5.92 Å². The third-order valence-corrected chi connectivity index (χ3v) is 3.65. The fourth-order valence-electron chi connectivity index (χ4n) is 2.34. The lowest BCUT2D eigenvalue weighted by Crippen LogP contribution is -2.44. The van der Waals surface area contributed by atoms with Crippen LogP contribution in [0, 0.1) is 11.8 Å². The third-order valence-electron chi connectivity index (χ3n) is 3.65. The van der Waals surface area contributed by atoms with Gasteiger partial charge in [0.25, 0.3) is 0 Å². The Bertz CT molecular complexity index is 154. The number of hydrogen-bond acceptors (Lipinski definition) is 2. The van der Waals surface area contributed by atoms with Crippen LogP contribution in [0.2, 0.25) is 0 Å². The first-order chi connectivity index (χ1) is 6.67. The van der Waals surface area contributed by atoms with Gasteiger partial charge in [-0.15, -0.1) is 0 Å². The van der Waals surface area contributed by atoms with Crippen molar-refractivity contribution in [1.82, 2.24) is 4.90 Å². The lowest BCUT2D eigenvalue weighted by molar-refractivity contribution is 0.105. The molecule has 0 bridgehead atoms. The summed E-state index contributed by atoms with van der Waals surface area (Å²) in [6.07, 6.45) is 3.98. The van der Waals surface area contributed by atoms with Crippen molar-refractivity contribution in [2.45, 2.75) is 46.1 Å². The SMILES string of the molecule is CCC(CN)CN1CC(C)CCC1C. The highest BCUT2D eigenvalue weighted by Gasteiger charge is 2.24. The van der Waals surface area contributed by atoms with Gasteiger partial charge in [0.2, 0.25) is 0 Å². The molecule has 84 valence electrons. The molecule has 3 unspecified atom stereocenters. The summed E-state index contributed by atoms with van der Waals surface area (Å²) in [4.78, 5) is 2.63. The molecule has 14 heavy (non-hydrogen) atoms. The van der Waals surface area contributed by atoms with Gasteiger partial charge in [-0.3, -0.25) is 0 Å². The van der Waals surface area contributed by atoms with Crippen molar-refractivity contribution in [3.8, 4) is 0 Å². The number of nitrogens with zero attached hydrogens (tertiary/aromatic N) is 1. The van der Waals surface area contributed by atoms with E-state index in [1.165, 1.54) is 32.4 Å². The van der Waals surface area contributed by atoms with Crippen molar-refractivity contribution in [3.63, 3.8) is 0 Å². The molecule has 0 saturated carbocycles. The molecule has 0 spiro atoms. The molecule has 1 fully saturated rings. The highest BCUT2D eigenvalue weighted by molar-refractivity contribution is 4.78. The normalized spacial score (nSPS) is 31.7. The summed E-state index contributed by atoms with van der Waals surface area (Å²) in [6.45, 7) is 10.3. The molecule has 1 saturated heterocycles. The minimum absolute atomic E-state index is 0.697. The average Bonchev–Trinajstić information content (AvgIpc) is 2.19. The van der Waals surface area contributed by atoms with Gasteiger partial charge in [-0.05, 0) is 38.1 Å². The van der Waals surface area contributed by atoms with E-state index in [0.717, 1.165) is 18.5 Å². The second-order valence-electron chi connectivity index (χ2n) is 5.00. The monoisotopic (exact) mass is 198 g/mol. The summed E-state index contributed by atoms with van der Waals surface area (Å²) >= 11 is 0. The molecule has 2 nitrogen and oxygen atoms in total. The molecule has 3 atom stereocenters. The molecule has 1 aliphatic heterocycles. The molecule has 2 N–H and O–H groups in total. The summed E-state index contributed by atoms with van der Waals surface area (Å²) in [5, 5.41) is 0. The van der Waals surface area contributed by atoms with E-state index in [2.05, 4.69) is 25.7 Å². The van der Waals surface area contributed by atoms with Gasteiger partial charge in [0.15, 0.2) is 0 Å². The van der Waals surface area contributed by atoms with Crippen molar-refractivity contribution in [3.05, 3.63) is 0 Å². The molecule has 1 heterocycles. The first-order valence-corrected chi connectivity index (χ1v) is 6.11. The van der Waals surface area contributed by atoms with Crippen LogP contribution in [0.5, 0.6) is 0 Å². The van der Waals surface area contributed by atoms with Gasteiger partial charge in [0, 0.05) is 19.1 Å². The Morgan fingerprint density at radius 3 is 2.64 bits per heavy atom. The van der Waals surface area contributed by atoms with Gasteiger partial charge >= 0.3 is 0 Å². The summed E-state index contributed by atoms with van der Waals surface area (Å²) in [5.74, 6) is 1.57. The Labute approximate surface area is 88.8 Å². The standard InChI is InChI=1S/C12H26N2/c1-4-12(7-13)9-14-8-10(2)5-6-11(14)3/h10-12H,4-9,13H2,1-3H3. The van der Waals surface area contributed by atoms with Crippen LogP contribution in [-0.2, 0) is 0 Å². The van der Waals surface area contributed by atoms with Crippen LogP contribution in [0.4, 0.5) is 0 Å². The fourth-order valence-corrected chi connectivity index (χ4v) is 2.34. The first-order valence-electron chi connectivity index (χ1n) is 6.11. The molecular weight excluding hydrogens is 172 g/mol. The number of nitrogens with two attached hydrogens (primary N) is 1. The highest BCUT2D eigenvalue weighted by atomic mass is 15.2. The minimum Gasteiger partial charge on any atom is -0.330 e. The molecule has 0 aliphatic carbocycles. The van der Waals surface area contributed by atoms with Gasteiger partial charge in [0.05, 0.1) is 0 Å². The second-order valence-corrected chi connectivity index (χ2v) is 5.00. The Morgan fingerprint density at radius 2 is 2.07 bits per heavy atom. The smallest absolute Gasteiger partial charge is 0.00672 e. The average molecular weight is 198 g/mol. The maximum Gasteiger partial charge on any atom is 0.00672 e. The maximum absolute atomic E-state index is 5.75. The van der Waals surface area contributed by atoms with Crippen LogP contribution >= 0.6 is 0 Å². The van der Waals surface area contributed by atoms with E-state index in [1.54, 1.807) is 0 Å². The van der Waals surface area contributed by atoms with E-state index in [1.807, 2.05) is 0 Å². The van der Waals surface area contributed by atoms with Crippen molar-refractivity contribution < 1.29 is 0 Å². The Morgan fingerprint density at radius 1 is 1.36 bits per heavy atom. The van der Waals surface area contributed by atoms with Crippen LogP contribution in [0.3, 0.4) is 0 Å². The third kappa shape index (κ3) is 3.25. The van der Waals surface area contributed by atoms with Crippen LogP contribution < -0.4 is 5.73 Å². The van der Waals surface area contributed by atoms with Gasteiger partial charge < -0.3 is 10.6 Å². The van der Waals surface area contributed by atoms with Crippen molar-refractivity contribution >= 4 is 0 Å². The predicted octanol–water partition coefficient (Wildman–Crippen LogP) is 2.09.